The Morgan fingerprint density at radius 2 is 0.812 bits per heavy atom. The van der Waals surface area contributed by atoms with E-state index in [2.05, 4.69) is 193 Å². The van der Waals surface area contributed by atoms with Crippen LogP contribution in [0.1, 0.15) is 0 Å². The normalized spacial score (nSPS) is 11.8. The number of hydrogen-bond acceptors (Lipinski definition) is 5. The summed E-state index contributed by atoms with van der Waals surface area (Å²) in [6, 6.07) is 80.4. The van der Waals surface area contributed by atoms with Crippen LogP contribution in [0.3, 0.4) is 0 Å². The Bertz CT molecular complexity index is 4290. The highest BCUT2D eigenvalue weighted by atomic mass is 16.3. The SMILES string of the molecule is c1ccc(-c2ccc(-c3nc(-c4ccccc4)nc(-c4ccc5c(c4)oc4cccc(-c6ccc7oc8cc(-n9c%10ccccc%10c%10cc(-c%11ccccc%11)ccc%109)ccc8c7c6)c45)n3)cc2)cc1. The molecule has 0 aliphatic rings. The Morgan fingerprint density at radius 1 is 0.275 bits per heavy atom. The summed E-state index contributed by atoms with van der Waals surface area (Å²) in [7, 11) is 0. The van der Waals surface area contributed by atoms with Gasteiger partial charge < -0.3 is 13.4 Å². The zero-order valence-corrected chi connectivity index (χ0v) is 37.0. The van der Waals surface area contributed by atoms with E-state index in [9.17, 15) is 0 Å². The van der Waals surface area contributed by atoms with Crippen molar-refractivity contribution in [1.82, 2.24) is 19.5 Å². The summed E-state index contributed by atoms with van der Waals surface area (Å²) in [4.78, 5) is 15.1. The van der Waals surface area contributed by atoms with E-state index in [1.165, 1.54) is 21.9 Å². The number of hydrogen-bond donors (Lipinski definition) is 0. The largest absolute Gasteiger partial charge is 0.456 e. The Morgan fingerprint density at radius 3 is 1.58 bits per heavy atom. The van der Waals surface area contributed by atoms with Crippen molar-refractivity contribution in [2.75, 3.05) is 0 Å². The summed E-state index contributed by atoms with van der Waals surface area (Å²) in [6.45, 7) is 0. The second-order valence-corrected chi connectivity index (χ2v) is 17.6. The van der Waals surface area contributed by atoms with Crippen molar-refractivity contribution in [3.8, 4) is 73.2 Å². The van der Waals surface area contributed by atoms with E-state index in [0.717, 1.165) is 99.5 Å². The van der Waals surface area contributed by atoms with Gasteiger partial charge in [0.25, 0.3) is 0 Å². The maximum Gasteiger partial charge on any atom is 0.164 e. The Labute approximate surface area is 396 Å². The van der Waals surface area contributed by atoms with Crippen LogP contribution in [0.2, 0.25) is 0 Å². The quantitative estimate of drug-likeness (QED) is 0.159. The highest BCUT2D eigenvalue weighted by Crippen LogP contribution is 2.42. The lowest BCUT2D eigenvalue weighted by Gasteiger charge is -2.09. The minimum atomic E-state index is 0.573. The summed E-state index contributed by atoms with van der Waals surface area (Å²) >= 11 is 0. The molecule has 0 bridgehead atoms. The summed E-state index contributed by atoms with van der Waals surface area (Å²) in [5.41, 5.74) is 16.1. The van der Waals surface area contributed by atoms with Gasteiger partial charge in [0.15, 0.2) is 17.5 Å². The summed E-state index contributed by atoms with van der Waals surface area (Å²) < 4.78 is 15.6. The van der Waals surface area contributed by atoms with E-state index in [4.69, 9.17) is 23.8 Å². The average Bonchev–Trinajstić information content (AvgIpc) is 4.10. The van der Waals surface area contributed by atoms with Crippen molar-refractivity contribution in [2.24, 2.45) is 0 Å². The molecule has 0 fully saturated rings. The van der Waals surface area contributed by atoms with Gasteiger partial charge in [0.2, 0.25) is 0 Å². The van der Waals surface area contributed by atoms with Gasteiger partial charge in [-0.15, -0.1) is 0 Å². The molecule has 69 heavy (non-hydrogen) atoms. The van der Waals surface area contributed by atoms with Crippen LogP contribution in [0.15, 0.2) is 239 Å². The van der Waals surface area contributed by atoms with Crippen molar-refractivity contribution in [3.63, 3.8) is 0 Å². The fourth-order valence-corrected chi connectivity index (χ4v) is 10.1. The van der Waals surface area contributed by atoms with Crippen LogP contribution in [0.25, 0.3) is 139 Å². The predicted molar refractivity (Wildman–Crippen MR) is 281 cm³/mol. The molecule has 10 aromatic carbocycles. The fourth-order valence-electron chi connectivity index (χ4n) is 10.1. The zero-order chi connectivity index (χ0) is 45.4. The average molecular weight is 883 g/mol. The van der Waals surface area contributed by atoms with Gasteiger partial charge in [-0.25, -0.2) is 15.0 Å². The van der Waals surface area contributed by atoms with E-state index in [0.29, 0.717) is 17.5 Å². The predicted octanol–water partition coefficient (Wildman–Crippen LogP) is 16.8. The molecular formula is C63H38N4O2. The molecule has 14 aromatic rings. The highest BCUT2D eigenvalue weighted by Gasteiger charge is 2.19. The van der Waals surface area contributed by atoms with Crippen molar-refractivity contribution in [2.45, 2.75) is 0 Å². The summed E-state index contributed by atoms with van der Waals surface area (Å²) in [5.74, 6) is 1.79. The van der Waals surface area contributed by atoms with E-state index < -0.39 is 0 Å². The molecule has 322 valence electrons. The number of para-hydroxylation sites is 1. The van der Waals surface area contributed by atoms with Crippen LogP contribution in [0.4, 0.5) is 0 Å². The van der Waals surface area contributed by atoms with Crippen LogP contribution >= 0.6 is 0 Å². The Balaban J connectivity index is 0.838. The fraction of sp³-hybridized carbons (Fsp3) is 0. The molecule has 14 rings (SSSR count). The van der Waals surface area contributed by atoms with Gasteiger partial charge in [-0.2, -0.15) is 0 Å². The molecular weight excluding hydrogens is 845 g/mol. The number of aromatic nitrogens is 4. The molecule has 0 aliphatic heterocycles. The lowest BCUT2D eigenvalue weighted by atomic mass is 9.97. The molecule has 0 atom stereocenters. The standard InChI is InChI=1S/C63H38N4O2/c1-4-13-39(14-5-1)41-23-25-43(26-24-41)62-64-61(42-17-8-3-9-18-42)65-63(66-62)46-27-31-51-58(37-46)69-57-22-12-20-48(60(51)57)45-29-34-56-53(36-45)50-32-30-47(38-59(50)68-56)67-54-21-11-10-19-49(54)52-35-44(28-33-55(52)67)40-15-6-2-7-16-40/h1-38H. The molecule has 0 radical (unpaired) electrons. The van der Waals surface area contributed by atoms with Gasteiger partial charge in [0, 0.05) is 60.8 Å². The minimum absolute atomic E-state index is 0.573. The van der Waals surface area contributed by atoms with Crippen LogP contribution in [0, 0.1) is 0 Å². The molecule has 0 saturated carbocycles. The molecule has 6 heteroatoms. The molecule has 0 unspecified atom stereocenters. The molecule has 0 amide bonds. The lowest BCUT2D eigenvalue weighted by molar-refractivity contribution is 0.668. The van der Waals surface area contributed by atoms with Crippen LogP contribution in [-0.2, 0) is 0 Å². The number of rotatable bonds is 7. The van der Waals surface area contributed by atoms with Crippen molar-refractivity contribution in [3.05, 3.63) is 231 Å². The first kappa shape index (κ1) is 38.8. The first-order valence-corrected chi connectivity index (χ1v) is 23.2. The third-order valence-electron chi connectivity index (χ3n) is 13.5. The summed E-state index contributed by atoms with van der Waals surface area (Å²) in [6.07, 6.45) is 0. The smallest absolute Gasteiger partial charge is 0.164 e. The van der Waals surface area contributed by atoms with Gasteiger partial charge in [-0.1, -0.05) is 164 Å². The van der Waals surface area contributed by atoms with E-state index in [1.807, 2.05) is 42.5 Å². The zero-order valence-electron chi connectivity index (χ0n) is 37.0. The molecule has 0 N–H and O–H groups in total. The van der Waals surface area contributed by atoms with E-state index in [-0.39, 0.29) is 0 Å². The van der Waals surface area contributed by atoms with Crippen LogP contribution in [-0.4, -0.2) is 19.5 Å². The number of furan rings is 2. The van der Waals surface area contributed by atoms with Crippen LogP contribution < -0.4 is 0 Å². The first-order chi connectivity index (χ1) is 34.2. The van der Waals surface area contributed by atoms with Gasteiger partial charge in [0.1, 0.15) is 22.3 Å². The molecule has 0 saturated heterocycles. The van der Waals surface area contributed by atoms with E-state index in [1.54, 1.807) is 0 Å². The lowest BCUT2D eigenvalue weighted by Crippen LogP contribution is -2.00. The first-order valence-electron chi connectivity index (χ1n) is 23.2. The second-order valence-electron chi connectivity index (χ2n) is 17.6. The molecule has 0 aliphatic carbocycles. The van der Waals surface area contributed by atoms with Crippen molar-refractivity contribution < 1.29 is 8.83 Å². The van der Waals surface area contributed by atoms with Gasteiger partial charge >= 0.3 is 0 Å². The molecule has 6 nitrogen and oxygen atoms in total. The van der Waals surface area contributed by atoms with Gasteiger partial charge in [0.05, 0.1) is 11.0 Å². The molecule has 4 aromatic heterocycles. The Hall–Kier alpha value is -9.39. The molecule has 0 spiro atoms. The van der Waals surface area contributed by atoms with Crippen molar-refractivity contribution in [1.29, 1.82) is 0 Å². The van der Waals surface area contributed by atoms with Gasteiger partial charge in [-0.3, -0.25) is 0 Å². The van der Waals surface area contributed by atoms with E-state index >= 15 is 0 Å². The number of benzene rings is 10. The third-order valence-corrected chi connectivity index (χ3v) is 13.5. The maximum atomic E-state index is 6.65. The Kier molecular flexibility index (Phi) is 8.79. The van der Waals surface area contributed by atoms with Gasteiger partial charge in [-0.05, 0) is 94.0 Å². The number of nitrogens with zero attached hydrogens (tertiary/aromatic N) is 4. The minimum Gasteiger partial charge on any atom is -0.456 e. The second kappa shape index (κ2) is 15.6. The topological polar surface area (TPSA) is 69.9 Å². The van der Waals surface area contributed by atoms with Crippen molar-refractivity contribution >= 4 is 65.7 Å². The third kappa shape index (κ3) is 6.53. The summed E-state index contributed by atoms with van der Waals surface area (Å²) in [5, 5.41) is 6.63. The maximum absolute atomic E-state index is 6.65. The molecule has 4 heterocycles. The number of fused-ring (bicyclic) bond motifs is 9. The van der Waals surface area contributed by atoms with Crippen LogP contribution in [0.5, 0.6) is 0 Å². The highest BCUT2D eigenvalue weighted by molar-refractivity contribution is 6.15. The monoisotopic (exact) mass is 882 g/mol.